The molecule has 1 aliphatic rings. The number of esters is 1. The standard InChI is InChI=1S/C14H23F2NO4/c1-14(2,3)21-13(19)17-7-4-5-10(9-17)12(18)20-8-6-11(15)16/h6,10,13,19H,4-5,7-9H2,1-3H3. The van der Waals surface area contributed by atoms with Gasteiger partial charge in [-0.3, -0.25) is 9.69 Å². The number of ether oxygens (including phenoxy) is 2. The van der Waals surface area contributed by atoms with Crippen molar-refractivity contribution in [3.05, 3.63) is 12.2 Å². The molecule has 1 fully saturated rings. The molecule has 1 N–H and O–H groups in total. The van der Waals surface area contributed by atoms with Crippen LogP contribution in [0.3, 0.4) is 0 Å². The summed E-state index contributed by atoms with van der Waals surface area (Å²) < 4.78 is 33.9. The van der Waals surface area contributed by atoms with Crippen LogP contribution < -0.4 is 0 Å². The number of aliphatic hydroxyl groups is 1. The van der Waals surface area contributed by atoms with Gasteiger partial charge in [-0.2, -0.15) is 8.78 Å². The van der Waals surface area contributed by atoms with E-state index in [0.29, 0.717) is 25.5 Å². The maximum atomic E-state index is 11.9. The zero-order valence-electron chi connectivity index (χ0n) is 12.6. The lowest BCUT2D eigenvalue weighted by molar-refractivity contribution is -0.245. The third kappa shape index (κ3) is 6.97. The van der Waals surface area contributed by atoms with Crippen LogP contribution in [0.1, 0.15) is 33.6 Å². The molecule has 0 aliphatic carbocycles. The normalized spacial score (nSPS) is 21.7. The maximum Gasteiger partial charge on any atom is 0.310 e. The van der Waals surface area contributed by atoms with Crippen LogP contribution in [0.4, 0.5) is 8.78 Å². The third-order valence-electron chi connectivity index (χ3n) is 3.02. The van der Waals surface area contributed by atoms with E-state index in [4.69, 9.17) is 9.47 Å². The minimum absolute atomic E-state index is 0.290. The minimum Gasteiger partial charge on any atom is -0.461 e. The SMILES string of the molecule is CC(C)(C)OC(O)N1CCCC(C(=O)OCC=C(F)F)C1. The number of rotatable bonds is 5. The Morgan fingerprint density at radius 2 is 2.14 bits per heavy atom. The molecule has 0 saturated carbocycles. The monoisotopic (exact) mass is 307 g/mol. The molecular weight excluding hydrogens is 284 g/mol. The average Bonchev–Trinajstić information content (AvgIpc) is 2.36. The molecule has 0 amide bonds. The van der Waals surface area contributed by atoms with Crippen molar-refractivity contribution in [1.82, 2.24) is 4.90 Å². The van der Waals surface area contributed by atoms with Gasteiger partial charge in [0.2, 0.25) is 6.41 Å². The number of halogens is 2. The Bertz CT molecular complexity index is 378. The lowest BCUT2D eigenvalue weighted by Gasteiger charge is -2.37. The molecular formula is C14H23F2NO4. The van der Waals surface area contributed by atoms with Crippen LogP contribution >= 0.6 is 0 Å². The second kappa shape index (κ2) is 7.82. The van der Waals surface area contributed by atoms with E-state index in [1.54, 1.807) is 4.90 Å². The van der Waals surface area contributed by atoms with Gasteiger partial charge < -0.3 is 14.6 Å². The summed E-state index contributed by atoms with van der Waals surface area (Å²) in [5, 5.41) is 10.0. The Balaban J connectivity index is 2.47. The van der Waals surface area contributed by atoms with Crippen LogP contribution in [0.25, 0.3) is 0 Å². The second-order valence-electron chi connectivity index (χ2n) is 6.01. The summed E-state index contributed by atoms with van der Waals surface area (Å²) >= 11 is 0. The van der Waals surface area contributed by atoms with Crippen molar-refractivity contribution in [3.63, 3.8) is 0 Å². The van der Waals surface area contributed by atoms with Gasteiger partial charge in [0.25, 0.3) is 6.08 Å². The van der Waals surface area contributed by atoms with Crippen molar-refractivity contribution in [1.29, 1.82) is 0 Å². The second-order valence-corrected chi connectivity index (χ2v) is 6.01. The fraction of sp³-hybridized carbons (Fsp3) is 0.786. The van der Waals surface area contributed by atoms with Gasteiger partial charge in [-0.05, 0) is 33.6 Å². The number of hydrogen-bond acceptors (Lipinski definition) is 5. The van der Waals surface area contributed by atoms with Gasteiger partial charge in [-0.1, -0.05) is 0 Å². The molecule has 0 radical (unpaired) electrons. The van der Waals surface area contributed by atoms with Gasteiger partial charge in [0.15, 0.2) is 0 Å². The molecule has 5 nitrogen and oxygen atoms in total. The number of likely N-dealkylation sites (tertiary alicyclic amines) is 1. The van der Waals surface area contributed by atoms with E-state index < -0.39 is 36.6 Å². The number of nitrogens with zero attached hydrogens (tertiary/aromatic N) is 1. The minimum atomic E-state index is -1.87. The van der Waals surface area contributed by atoms with Crippen LogP contribution in [0, 0.1) is 5.92 Å². The molecule has 122 valence electrons. The summed E-state index contributed by atoms with van der Waals surface area (Å²) in [4.78, 5) is 13.4. The summed E-state index contributed by atoms with van der Waals surface area (Å²) in [6, 6.07) is 0. The van der Waals surface area contributed by atoms with Gasteiger partial charge in [-0.15, -0.1) is 0 Å². The molecule has 0 aromatic carbocycles. The highest BCUT2D eigenvalue weighted by atomic mass is 19.3. The first-order valence-electron chi connectivity index (χ1n) is 6.97. The predicted molar refractivity (Wildman–Crippen MR) is 72.4 cm³/mol. The van der Waals surface area contributed by atoms with E-state index in [2.05, 4.69) is 0 Å². The zero-order valence-corrected chi connectivity index (χ0v) is 12.6. The predicted octanol–water partition coefficient (Wildman–Crippen LogP) is 2.11. The molecule has 1 rings (SSSR count). The van der Waals surface area contributed by atoms with E-state index >= 15 is 0 Å². The Morgan fingerprint density at radius 1 is 1.48 bits per heavy atom. The molecule has 7 heteroatoms. The number of piperidine rings is 1. The van der Waals surface area contributed by atoms with E-state index in [1.807, 2.05) is 20.8 Å². The Morgan fingerprint density at radius 3 is 2.71 bits per heavy atom. The first-order valence-corrected chi connectivity index (χ1v) is 6.97. The topological polar surface area (TPSA) is 59.0 Å². The molecule has 1 heterocycles. The van der Waals surface area contributed by atoms with E-state index in [0.717, 1.165) is 0 Å². The molecule has 1 saturated heterocycles. The van der Waals surface area contributed by atoms with E-state index in [1.165, 1.54) is 0 Å². The van der Waals surface area contributed by atoms with E-state index in [-0.39, 0.29) is 6.54 Å². The van der Waals surface area contributed by atoms with Crippen molar-refractivity contribution in [2.45, 2.75) is 45.6 Å². The maximum absolute atomic E-state index is 11.9. The van der Waals surface area contributed by atoms with Crippen LogP contribution in [0.2, 0.25) is 0 Å². The molecule has 0 aromatic rings. The fourth-order valence-electron chi connectivity index (χ4n) is 2.09. The molecule has 2 atom stereocenters. The van der Waals surface area contributed by atoms with Gasteiger partial charge >= 0.3 is 5.97 Å². The molecule has 2 unspecified atom stereocenters. The van der Waals surface area contributed by atoms with Gasteiger partial charge in [0.05, 0.1) is 11.5 Å². The van der Waals surface area contributed by atoms with Crippen molar-refractivity contribution >= 4 is 5.97 Å². The first kappa shape index (κ1) is 18.0. The number of carbonyl (C=O) groups is 1. The van der Waals surface area contributed by atoms with Crippen LogP contribution in [-0.4, -0.2) is 47.7 Å². The zero-order chi connectivity index (χ0) is 16.0. The molecule has 0 spiro atoms. The third-order valence-corrected chi connectivity index (χ3v) is 3.02. The lowest BCUT2D eigenvalue weighted by atomic mass is 9.98. The average molecular weight is 307 g/mol. The van der Waals surface area contributed by atoms with Crippen LogP contribution in [0.5, 0.6) is 0 Å². The Labute approximate surface area is 123 Å². The Hall–Kier alpha value is -1.05. The number of aliphatic hydroxyl groups excluding tert-OH is 1. The Kier molecular flexibility index (Phi) is 6.70. The lowest BCUT2D eigenvalue weighted by Crippen LogP contribution is -2.48. The van der Waals surface area contributed by atoms with E-state index in [9.17, 15) is 18.7 Å². The van der Waals surface area contributed by atoms with Crippen LogP contribution in [-0.2, 0) is 14.3 Å². The highest BCUT2D eigenvalue weighted by Gasteiger charge is 2.31. The summed E-state index contributed by atoms with van der Waals surface area (Å²) in [6.45, 7) is 5.94. The van der Waals surface area contributed by atoms with Gasteiger partial charge in [0.1, 0.15) is 6.61 Å². The van der Waals surface area contributed by atoms with Crippen molar-refractivity contribution in [2.24, 2.45) is 5.92 Å². The molecule has 21 heavy (non-hydrogen) atoms. The number of hydrogen-bond donors (Lipinski definition) is 1. The van der Waals surface area contributed by atoms with Gasteiger partial charge in [0, 0.05) is 19.2 Å². The quantitative estimate of drug-likeness (QED) is 0.623. The van der Waals surface area contributed by atoms with Crippen LogP contribution in [0.15, 0.2) is 12.2 Å². The van der Waals surface area contributed by atoms with Crippen molar-refractivity contribution in [2.75, 3.05) is 19.7 Å². The fourth-order valence-corrected chi connectivity index (χ4v) is 2.09. The summed E-state index contributed by atoms with van der Waals surface area (Å²) in [5.74, 6) is -0.965. The van der Waals surface area contributed by atoms with Gasteiger partial charge in [-0.25, -0.2) is 0 Å². The van der Waals surface area contributed by atoms with Crippen molar-refractivity contribution < 1.29 is 28.2 Å². The first-order chi connectivity index (χ1) is 9.69. The number of carbonyl (C=O) groups excluding carboxylic acids is 1. The molecule has 0 bridgehead atoms. The molecule has 0 aromatic heterocycles. The largest absolute Gasteiger partial charge is 0.461 e. The summed E-state index contributed by atoms with van der Waals surface area (Å²) in [6.07, 6.45) is -1.10. The highest BCUT2D eigenvalue weighted by molar-refractivity contribution is 5.72. The molecule has 1 aliphatic heterocycles. The smallest absolute Gasteiger partial charge is 0.310 e. The summed E-state index contributed by atoms with van der Waals surface area (Å²) in [7, 11) is 0. The summed E-state index contributed by atoms with van der Waals surface area (Å²) in [5.41, 5.74) is -0.504. The van der Waals surface area contributed by atoms with Crippen molar-refractivity contribution in [3.8, 4) is 0 Å². The highest BCUT2D eigenvalue weighted by Crippen LogP contribution is 2.21.